The van der Waals surface area contributed by atoms with Gasteiger partial charge in [0.25, 0.3) is 0 Å². The van der Waals surface area contributed by atoms with Crippen LogP contribution in [-0.4, -0.2) is 48.6 Å². The quantitative estimate of drug-likeness (QED) is 0.897. The fourth-order valence-corrected chi connectivity index (χ4v) is 2.41. The van der Waals surface area contributed by atoms with E-state index in [9.17, 15) is 8.78 Å². The predicted molar refractivity (Wildman–Crippen MR) is 71.7 cm³/mol. The van der Waals surface area contributed by atoms with E-state index in [1.54, 1.807) is 6.07 Å². The minimum absolute atomic E-state index is 0.408. The Balaban J connectivity index is 1.87. The van der Waals surface area contributed by atoms with E-state index in [1.165, 1.54) is 12.1 Å². The molecule has 1 saturated heterocycles. The van der Waals surface area contributed by atoms with Gasteiger partial charge >= 0.3 is 0 Å². The first kappa shape index (κ1) is 14.4. The molecule has 1 aliphatic rings. The third-order valence-corrected chi connectivity index (χ3v) is 3.76. The molecule has 0 amide bonds. The lowest BCUT2D eigenvalue weighted by Gasteiger charge is -2.37. The van der Waals surface area contributed by atoms with Crippen LogP contribution in [0.25, 0.3) is 0 Å². The van der Waals surface area contributed by atoms with E-state index in [0.717, 1.165) is 31.7 Å². The van der Waals surface area contributed by atoms with Crippen molar-refractivity contribution in [2.75, 3.05) is 32.7 Å². The Morgan fingerprint density at radius 3 is 2.42 bits per heavy atom. The molecule has 0 bridgehead atoms. The monoisotopic (exact) mass is 269 g/mol. The number of benzene rings is 1. The van der Waals surface area contributed by atoms with Gasteiger partial charge in [0.1, 0.15) is 0 Å². The summed E-state index contributed by atoms with van der Waals surface area (Å²) in [5.74, 6) is -1.56. The largest absolute Gasteiger partial charge is 0.329 e. The number of rotatable bonds is 4. The number of piperazine rings is 1. The molecule has 1 aromatic rings. The molecular weight excluding hydrogens is 248 g/mol. The third-order valence-electron chi connectivity index (χ3n) is 3.76. The molecule has 1 fully saturated rings. The first-order valence-electron chi connectivity index (χ1n) is 6.70. The SMILES string of the molecule is CC(CN)N1CCN(Cc2ccc(F)c(F)c2)CC1. The van der Waals surface area contributed by atoms with Gasteiger partial charge in [-0.05, 0) is 24.6 Å². The molecule has 1 aliphatic heterocycles. The molecule has 1 heterocycles. The van der Waals surface area contributed by atoms with Crippen molar-refractivity contribution >= 4 is 0 Å². The van der Waals surface area contributed by atoms with Crippen molar-refractivity contribution in [3.63, 3.8) is 0 Å². The van der Waals surface area contributed by atoms with E-state index in [1.807, 2.05) is 0 Å². The van der Waals surface area contributed by atoms with Crippen LogP contribution in [0.5, 0.6) is 0 Å². The van der Waals surface area contributed by atoms with Crippen molar-refractivity contribution in [2.45, 2.75) is 19.5 Å². The molecule has 3 nitrogen and oxygen atoms in total. The Hall–Kier alpha value is -1.04. The van der Waals surface area contributed by atoms with Gasteiger partial charge in [0.15, 0.2) is 11.6 Å². The van der Waals surface area contributed by atoms with E-state index in [0.29, 0.717) is 19.1 Å². The van der Waals surface area contributed by atoms with Gasteiger partial charge in [0.2, 0.25) is 0 Å². The van der Waals surface area contributed by atoms with Crippen LogP contribution < -0.4 is 5.73 Å². The van der Waals surface area contributed by atoms with Crippen LogP contribution in [0.3, 0.4) is 0 Å². The van der Waals surface area contributed by atoms with Gasteiger partial charge in [-0.25, -0.2) is 8.78 Å². The molecule has 0 aromatic heterocycles. The van der Waals surface area contributed by atoms with Gasteiger partial charge in [0, 0.05) is 45.3 Å². The molecule has 5 heteroatoms. The highest BCUT2D eigenvalue weighted by Gasteiger charge is 2.20. The summed E-state index contributed by atoms with van der Waals surface area (Å²) in [4.78, 5) is 4.62. The number of hydrogen-bond donors (Lipinski definition) is 1. The summed E-state index contributed by atoms with van der Waals surface area (Å²) in [6, 6.07) is 4.53. The van der Waals surface area contributed by atoms with Crippen LogP contribution in [0.15, 0.2) is 18.2 Å². The van der Waals surface area contributed by atoms with Gasteiger partial charge in [-0.15, -0.1) is 0 Å². The third kappa shape index (κ3) is 3.72. The average molecular weight is 269 g/mol. The molecular formula is C14H21F2N3. The molecule has 19 heavy (non-hydrogen) atoms. The minimum atomic E-state index is -0.787. The Labute approximate surface area is 113 Å². The second-order valence-electron chi connectivity index (χ2n) is 5.15. The summed E-state index contributed by atoms with van der Waals surface area (Å²) in [6.45, 7) is 7.28. The number of nitrogens with zero attached hydrogens (tertiary/aromatic N) is 2. The summed E-state index contributed by atoms with van der Waals surface area (Å²) >= 11 is 0. The highest BCUT2D eigenvalue weighted by Crippen LogP contribution is 2.13. The molecule has 2 rings (SSSR count). The lowest BCUT2D eigenvalue weighted by molar-refractivity contribution is 0.100. The molecule has 1 atom stereocenters. The zero-order valence-corrected chi connectivity index (χ0v) is 11.3. The lowest BCUT2D eigenvalue weighted by Crippen LogP contribution is -2.51. The smallest absolute Gasteiger partial charge is 0.159 e. The first-order valence-corrected chi connectivity index (χ1v) is 6.70. The van der Waals surface area contributed by atoms with Crippen molar-refractivity contribution in [3.8, 4) is 0 Å². The van der Waals surface area contributed by atoms with Gasteiger partial charge in [0.05, 0.1) is 0 Å². The van der Waals surface area contributed by atoms with Crippen molar-refractivity contribution in [2.24, 2.45) is 5.73 Å². The molecule has 106 valence electrons. The fraction of sp³-hybridized carbons (Fsp3) is 0.571. The van der Waals surface area contributed by atoms with Gasteiger partial charge in [-0.2, -0.15) is 0 Å². The van der Waals surface area contributed by atoms with E-state index in [4.69, 9.17) is 5.73 Å². The number of hydrogen-bond acceptors (Lipinski definition) is 3. The Morgan fingerprint density at radius 1 is 1.16 bits per heavy atom. The van der Waals surface area contributed by atoms with E-state index >= 15 is 0 Å². The van der Waals surface area contributed by atoms with Crippen molar-refractivity contribution in [1.82, 2.24) is 9.80 Å². The highest BCUT2D eigenvalue weighted by molar-refractivity contribution is 5.17. The number of nitrogens with two attached hydrogens (primary N) is 1. The number of halogens is 2. The fourth-order valence-electron chi connectivity index (χ4n) is 2.41. The van der Waals surface area contributed by atoms with Crippen LogP contribution in [-0.2, 0) is 6.54 Å². The molecule has 1 unspecified atom stereocenters. The molecule has 0 saturated carbocycles. The van der Waals surface area contributed by atoms with E-state index < -0.39 is 11.6 Å². The summed E-state index contributed by atoms with van der Waals surface area (Å²) in [5, 5.41) is 0. The Kier molecular flexibility index (Phi) is 4.85. The molecule has 2 N–H and O–H groups in total. The van der Waals surface area contributed by atoms with Crippen molar-refractivity contribution in [3.05, 3.63) is 35.4 Å². The second-order valence-corrected chi connectivity index (χ2v) is 5.15. The minimum Gasteiger partial charge on any atom is -0.329 e. The normalized spacial score (nSPS) is 19.6. The van der Waals surface area contributed by atoms with E-state index in [-0.39, 0.29) is 0 Å². The zero-order chi connectivity index (χ0) is 13.8. The summed E-state index contributed by atoms with van der Waals surface area (Å²) in [7, 11) is 0. The van der Waals surface area contributed by atoms with Crippen molar-refractivity contribution < 1.29 is 8.78 Å². The molecule has 0 spiro atoms. The topological polar surface area (TPSA) is 32.5 Å². The van der Waals surface area contributed by atoms with Crippen LogP contribution in [0, 0.1) is 11.6 Å². The maximum Gasteiger partial charge on any atom is 0.159 e. The van der Waals surface area contributed by atoms with Gasteiger partial charge < -0.3 is 5.73 Å². The summed E-state index contributed by atoms with van der Waals surface area (Å²) in [6.07, 6.45) is 0. The average Bonchev–Trinajstić information content (AvgIpc) is 2.43. The van der Waals surface area contributed by atoms with Gasteiger partial charge in [-0.3, -0.25) is 9.80 Å². The van der Waals surface area contributed by atoms with Crippen molar-refractivity contribution in [1.29, 1.82) is 0 Å². The zero-order valence-electron chi connectivity index (χ0n) is 11.3. The first-order chi connectivity index (χ1) is 9.10. The van der Waals surface area contributed by atoms with Gasteiger partial charge in [-0.1, -0.05) is 6.07 Å². The van der Waals surface area contributed by atoms with Crippen LogP contribution >= 0.6 is 0 Å². The van der Waals surface area contributed by atoms with Crippen LogP contribution in [0.1, 0.15) is 12.5 Å². The second kappa shape index (κ2) is 6.41. The Bertz CT molecular complexity index is 417. The summed E-state index contributed by atoms with van der Waals surface area (Å²) in [5.41, 5.74) is 6.48. The molecule has 0 radical (unpaired) electrons. The van der Waals surface area contributed by atoms with E-state index in [2.05, 4.69) is 16.7 Å². The maximum atomic E-state index is 13.1. The van der Waals surface area contributed by atoms with Crippen LogP contribution in [0.2, 0.25) is 0 Å². The van der Waals surface area contributed by atoms with Crippen LogP contribution in [0.4, 0.5) is 8.78 Å². The lowest BCUT2D eigenvalue weighted by atomic mass is 10.1. The Morgan fingerprint density at radius 2 is 1.84 bits per heavy atom. The maximum absolute atomic E-state index is 13.1. The predicted octanol–water partition coefficient (Wildman–Crippen LogP) is 1.43. The summed E-state index contributed by atoms with van der Waals surface area (Å²) < 4.78 is 26.0. The highest BCUT2D eigenvalue weighted by atomic mass is 19.2. The standard InChI is InChI=1S/C14H21F2N3/c1-11(9-17)19-6-4-18(5-7-19)10-12-2-3-13(15)14(16)8-12/h2-3,8,11H,4-7,9-10,17H2,1H3. The molecule has 1 aromatic carbocycles. The molecule has 0 aliphatic carbocycles.